The number of nitrogens with zero attached hydrogens (tertiary/aromatic N) is 2. The molecule has 0 fully saturated rings. The van der Waals surface area contributed by atoms with Gasteiger partial charge in [-0.25, -0.2) is 0 Å². The number of rotatable bonds is 6. The summed E-state index contributed by atoms with van der Waals surface area (Å²) < 4.78 is 11.1. The van der Waals surface area contributed by atoms with Gasteiger partial charge in [0.15, 0.2) is 11.5 Å². The molecule has 0 aromatic heterocycles. The van der Waals surface area contributed by atoms with Gasteiger partial charge in [-0.05, 0) is 35.9 Å². The van der Waals surface area contributed by atoms with Crippen molar-refractivity contribution in [1.29, 1.82) is 0 Å². The lowest BCUT2D eigenvalue weighted by Crippen LogP contribution is -2.21. The van der Waals surface area contributed by atoms with Crippen LogP contribution in [0.1, 0.15) is 11.1 Å². The molecule has 0 aliphatic heterocycles. The maximum atomic E-state index is 6.13. The Labute approximate surface area is 149 Å². The summed E-state index contributed by atoms with van der Waals surface area (Å²) in [6, 6.07) is 10.6. The Bertz CT molecular complexity index is 775. The largest absolute Gasteiger partial charge is 0.493 e. The molecule has 0 amide bonds. The fourth-order valence-corrected chi connectivity index (χ4v) is 2.30. The Morgan fingerprint density at radius 2 is 1.92 bits per heavy atom. The van der Waals surface area contributed by atoms with Gasteiger partial charge in [-0.3, -0.25) is 0 Å². The summed E-state index contributed by atoms with van der Waals surface area (Å²) >= 11 is 12.0. The van der Waals surface area contributed by atoms with Gasteiger partial charge < -0.3 is 20.9 Å². The highest BCUT2D eigenvalue weighted by Gasteiger charge is 2.07. The topological polar surface area (TPSA) is 95.2 Å². The van der Waals surface area contributed by atoms with E-state index >= 15 is 0 Å². The van der Waals surface area contributed by atoms with Crippen molar-refractivity contribution in [3.63, 3.8) is 0 Å². The highest BCUT2D eigenvalue weighted by atomic mass is 35.5. The Balaban J connectivity index is 2.12. The molecule has 6 nitrogen and oxygen atoms in total. The summed E-state index contributed by atoms with van der Waals surface area (Å²) in [6.07, 6.45) is 1.50. The van der Waals surface area contributed by atoms with E-state index in [1.54, 1.807) is 37.4 Å². The molecule has 0 aliphatic rings. The lowest BCUT2D eigenvalue weighted by Gasteiger charge is -2.12. The minimum absolute atomic E-state index is 0.113. The molecule has 2 aromatic carbocycles. The molecule has 2 rings (SSSR count). The first-order chi connectivity index (χ1) is 11.5. The van der Waals surface area contributed by atoms with E-state index in [9.17, 15) is 0 Å². The van der Waals surface area contributed by atoms with Crippen molar-refractivity contribution in [3.8, 4) is 11.5 Å². The first kappa shape index (κ1) is 17.9. The summed E-state index contributed by atoms with van der Waals surface area (Å²) in [5, 5.41) is 8.40. The van der Waals surface area contributed by atoms with Gasteiger partial charge in [0.1, 0.15) is 6.61 Å². The molecule has 0 saturated heterocycles. The smallest absolute Gasteiger partial charge is 0.211 e. The number of methoxy groups -OCH3 is 1. The minimum atomic E-state index is -0.113. The molecule has 0 unspecified atom stereocenters. The lowest BCUT2D eigenvalue weighted by molar-refractivity contribution is 0.284. The van der Waals surface area contributed by atoms with E-state index in [2.05, 4.69) is 10.2 Å². The Kier molecular flexibility index (Phi) is 6.28. The van der Waals surface area contributed by atoms with Gasteiger partial charge in [0.2, 0.25) is 5.96 Å². The van der Waals surface area contributed by atoms with Crippen LogP contribution in [0.15, 0.2) is 46.6 Å². The molecule has 0 aliphatic carbocycles. The zero-order chi connectivity index (χ0) is 17.5. The van der Waals surface area contributed by atoms with Crippen LogP contribution < -0.4 is 20.9 Å². The average molecular weight is 367 g/mol. The predicted octanol–water partition coefficient (Wildman–Crippen LogP) is 3.19. The summed E-state index contributed by atoms with van der Waals surface area (Å²) in [7, 11) is 1.55. The molecule has 0 bridgehead atoms. The summed E-state index contributed by atoms with van der Waals surface area (Å²) in [4.78, 5) is 0. The van der Waals surface area contributed by atoms with Gasteiger partial charge in [0, 0.05) is 15.6 Å². The van der Waals surface area contributed by atoms with Crippen molar-refractivity contribution < 1.29 is 9.47 Å². The average Bonchev–Trinajstić information content (AvgIpc) is 2.54. The second-order valence-corrected chi connectivity index (χ2v) is 5.55. The number of ether oxygens (including phenoxy) is 2. The van der Waals surface area contributed by atoms with Crippen molar-refractivity contribution in [2.75, 3.05) is 7.11 Å². The number of guanidine groups is 1. The van der Waals surface area contributed by atoms with Crippen LogP contribution in [-0.2, 0) is 6.61 Å². The molecule has 0 radical (unpaired) electrons. The lowest BCUT2D eigenvalue weighted by atomic mass is 10.2. The fourth-order valence-electron chi connectivity index (χ4n) is 1.84. The first-order valence-corrected chi connectivity index (χ1v) is 7.62. The quantitative estimate of drug-likeness (QED) is 0.466. The second-order valence-electron chi connectivity index (χ2n) is 4.70. The third-order valence-electron chi connectivity index (χ3n) is 2.97. The maximum absolute atomic E-state index is 6.13. The standard InChI is InChI=1S/C16H16Cl2N4O2/c1-23-15-6-10(8-21-22-16(19)20)2-5-14(15)24-9-11-3-4-12(17)7-13(11)18/h2-8H,9H2,1H3,(H4,19,20,22)/b21-8+. The molecule has 0 saturated carbocycles. The van der Waals surface area contributed by atoms with Crippen LogP contribution in [0, 0.1) is 0 Å². The summed E-state index contributed by atoms with van der Waals surface area (Å²) in [5.74, 6) is 1.01. The SMILES string of the molecule is COc1cc(/C=N/N=C(N)N)ccc1OCc1ccc(Cl)cc1Cl. The molecule has 4 N–H and O–H groups in total. The Morgan fingerprint density at radius 3 is 2.58 bits per heavy atom. The fraction of sp³-hybridized carbons (Fsp3) is 0.125. The van der Waals surface area contributed by atoms with Crippen LogP contribution in [0.2, 0.25) is 10.0 Å². The Hall–Kier alpha value is -2.44. The predicted molar refractivity (Wildman–Crippen MR) is 97.2 cm³/mol. The van der Waals surface area contributed by atoms with Crippen molar-refractivity contribution >= 4 is 35.4 Å². The third kappa shape index (κ3) is 5.04. The van der Waals surface area contributed by atoms with E-state index in [-0.39, 0.29) is 12.6 Å². The zero-order valence-electron chi connectivity index (χ0n) is 12.9. The van der Waals surface area contributed by atoms with Gasteiger partial charge in [-0.15, -0.1) is 5.10 Å². The van der Waals surface area contributed by atoms with E-state index in [1.807, 2.05) is 6.07 Å². The second kappa shape index (κ2) is 8.42. The van der Waals surface area contributed by atoms with Crippen LogP contribution >= 0.6 is 23.2 Å². The van der Waals surface area contributed by atoms with Gasteiger partial charge in [-0.1, -0.05) is 29.3 Å². The van der Waals surface area contributed by atoms with Crippen molar-refractivity contribution in [2.24, 2.45) is 21.7 Å². The molecule has 0 heterocycles. The number of nitrogens with two attached hydrogens (primary N) is 2. The van der Waals surface area contributed by atoms with Gasteiger partial charge >= 0.3 is 0 Å². The maximum Gasteiger partial charge on any atom is 0.211 e. The summed E-state index contributed by atoms with van der Waals surface area (Å²) in [6.45, 7) is 0.286. The van der Waals surface area contributed by atoms with Crippen molar-refractivity contribution in [1.82, 2.24) is 0 Å². The first-order valence-electron chi connectivity index (χ1n) is 6.86. The minimum Gasteiger partial charge on any atom is -0.493 e. The third-order valence-corrected chi connectivity index (χ3v) is 3.55. The molecular formula is C16H16Cl2N4O2. The highest BCUT2D eigenvalue weighted by molar-refractivity contribution is 6.35. The highest BCUT2D eigenvalue weighted by Crippen LogP contribution is 2.29. The van der Waals surface area contributed by atoms with Gasteiger partial charge in [0.25, 0.3) is 0 Å². The van der Waals surface area contributed by atoms with E-state index in [4.69, 9.17) is 44.1 Å². The Morgan fingerprint density at radius 1 is 1.12 bits per heavy atom. The summed E-state index contributed by atoms with van der Waals surface area (Å²) in [5.41, 5.74) is 12.0. The van der Waals surface area contributed by atoms with Gasteiger partial charge in [-0.2, -0.15) is 5.10 Å². The molecular weight excluding hydrogens is 351 g/mol. The van der Waals surface area contributed by atoms with Crippen LogP contribution in [0.3, 0.4) is 0 Å². The number of benzene rings is 2. The van der Waals surface area contributed by atoms with Crippen LogP contribution in [-0.4, -0.2) is 19.3 Å². The molecule has 126 valence electrons. The zero-order valence-corrected chi connectivity index (χ0v) is 14.4. The van der Waals surface area contributed by atoms with Crippen molar-refractivity contribution in [3.05, 3.63) is 57.6 Å². The molecule has 24 heavy (non-hydrogen) atoms. The van der Waals surface area contributed by atoms with Gasteiger partial charge in [0.05, 0.1) is 13.3 Å². The van der Waals surface area contributed by atoms with E-state index in [1.165, 1.54) is 6.21 Å². The van der Waals surface area contributed by atoms with E-state index < -0.39 is 0 Å². The monoisotopic (exact) mass is 366 g/mol. The number of halogens is 2. The normalized spacial score (nSPS) is 10.6. The number of hydrogen-bond acceptors (Lipinski definition) is 4. The number of hydrogen-bond donors (Lipinski definition) is 2. The molecule has 0 atom stereocenters. The van der Waals surface area contributed by atoms with Crippen LogP contribution in [0.4, 0.5) is 0 Å². The molecule has 0 spiro atoms. The van der Waals surface area contributed by atoms with Crippen molar-refractivity contribution in [2.45, 2.75) is 6.61 Å². The van der Waals surface area contributed by atoms with Crippen LogP contribution in [0.25, 0.3) is 0 Å². The van der Waals surface area contributed by atoms with E-state index in [0.717, 1.165) is 11.1 Å². The molecule has 8 heteroatoms. The van der Waals surface area contributed by atoms with E-state index in [0.29, 0.717) is 21.5 Å². The molecule has 2 aromatic rings. The van der Waals surface area contributed by atoms with Crippen LogP contribution in [0.5, 0.6) is 11.5 Å².